The van der Waals surface area contributed by atoms with Crippen LogP contribution in [0.4, 0.5) is 0 Å². The van der Waals surface area contributed by atoms with E-state index in [1.807, 2.05) is 0 Å². The van der Waals surface area contributed by atoms with Gasteiger partial charge in [-0.1, -0.05) is 21.8 Å². The molecule has 0 fully saturated rings. The predicted molar refractivity (Wildman–Crippen MR) is 43.6 cm³/mol. The molecule has 0 saturated carbocycles. The summed E-state index contributed by atoms with van der Waals surface area (Å²) in [7, 11) is 0. The number of ether oxygens (including phenoxy) is 1. The van der Waals surface area contributed by atoms with Gasteiger partial charge >= 0.3 is 0 Å². The standard InChI is InChI=1S/C5H13NO.2CH4/c1-2-4-7-5-3-6;;/h2-6H2,1H3;2*1H4. The van der Waals surface area contributed by atoms with E-state index in [-0.39, 0.29) is 14.9 Å². The molecule has 0 spiro atoms. The van der Waals surface area contributed by atoms with Gasteiger partial charge in [0.05, 0.1) is 6.61 Å². The fourth-order valence-electron chi connectivity index (χ4n) is 0.330. The second-order valence-electron chi connectivity index (χ2n) is 1.40. The van der Waals surface area contributed by atoms with Gasteiger partial charge < -0.3 is 10.5 Å². The number of hydrogen-bond acceptors (Lipinski definition) is 2. The SMILES string of the molecule is C.C.CCCOCCN. The minimum absolute atomic E-state index is 0. The Hall–Kier alpha value is -0.0800. The van der Waals surface area contributed by atoms with E-state index in [2.05, 4.69) is 6.92 Å². The Labute approximate surface area is 59.4 Å². The molecule has 0 aliphatic heterocycles. The van der Waals surface area contributed by atoms with E-state index in [0.29, 0.717) is 13.2 Å². The summed E-state index contributed by atoms with van der Waals surface area (Å²) < 4.78 is 5.01. The molecule has 0 aliphatic carbocycles. The Kier molecular flexibility index (Phi) is 27.8. The third-order valence-electron chi connectivity index (χ3n) is 0.611. The van der Waals surface area contributed by atoms with Crippen molar-refractivity contribution in [3.05, 3.63) is 0 Å². The highest BCUT2D eigenvalue weighted by Gasteiger charge is 1.77. The van der Waals surface area contributed by atoms with Gasteiger partial charge in [0, 0.05) is 13.2 Å². The summed E-state index contributed by atoms with van der Waals surface area (Å²) in [4.78, 5) is 0. The van der Waals surface area contributed by atoms with Crippen LogP contribution in [0.3, 0.4) is 0 Å². The first-order valence-corrected chi connectivity index (χ1v) is 2.69. The quantitative estimate of drug-likeness (QED) is 0.595. The molecule has 0 heterocycles. The van der Waals surface area contributed by atoms with Crippen molar-refractivity contribution in [3.63, 3.8) is 0 Å². The summed E-state index contributed by atoms with van der Waals surface area (Å²) in [5.41, 5.74) is 5.14. The zero-order valence-corrected chi connectivity index (χ0v) is 4.81. The van der Waals surface area contributed by atoms with Crippen LogP contribution in [0.15, 0.2) is 0 Å². The molecule has 0 bridgehead atoms. The van der Waals surface area contributed by atoms with Crippen LogP contribution in [-0.4, -0.2) is 19.8 Å². The lowest BCUT2D eigenvalue weighted by Crippen LogP contribution is -2.08. The van der Waals surface area contributed by atoms with E-state index in [9.17, 15) is 0 Å². The molecule has 0 aromatic rings. The van der Waals surface area contributed by atoms with Gasteiger partial charge in [-0.25, -0.2) is 0 Å². The molecule has 0 rings (SSSR count). The maximum Gasteiger partial charge on any atom is 0.0588 e. The van der Waals surface area contributed by atoms with Gasteiger partial charge in [0.1, 0.15) is 0 Å². The zero-order valence-electron chi connectivity index (χ0n) is 4.81. The fourth-order valence-corrected chi connectivity index (χ4v) is 0.330. The predicted octanol–water partition coefficient (Wildman–Crippen LogP) is 1.64. The van der Waals surface area contributed by atoms with Gasteiger partial charge in [-0.3, -0.25) is 0 Å². The molecular formula is C7H21NO. The lowest BCUT2D eigenvalue weighted by molar-refractivity contribution is 0.142. The number of rotatable bonds is 4. The number of nitrogens with two attached hydrogens (primary N) is 1. The molecule has 9 heavy (non-hydrogen) atoms. The average molecular weight is 135 g/mol. The van der Waals surface area contributed by atoms with Crippen LogP contribution in [-0.2, 0) is 4.74 Å². The van der Waals surface area contributed by atoms with Crippen molar-refractivity contribution in [3.8, 4) is 0 Å². The normalized spacial score (nSPS) is 7.33. The maximum absolute atomic E-state index is 5.14. The first-order chi connectivity index (χ1) is 3.41. The lowest BCUT2D eigenvalue weighted by atomic mass is 10.5. The lowest BCUT2D eigenvalue weighted by Gasteiger charge is -1.95. The minimum atomic E-state index is 0. The van der Waals surface area contributed by atoms with Crippen molar-refractivity contribution in [2.24, 2.45) is 5.73 Å². The van der Waals surface area contributed by atoms with Crippen molar-refractivity contribution in [2.75, 3.05) is 19.8 Å². The molecule has 0 amide bonds. The molecule has 0 aromatic heterocycles. The van der Waals surface area contributed by atoms with Crippen LogP contribution in [0, 0.1) is 0 Å². The zero-order chi connectivity index (χ0) is 5.54. The Morgan fingerprint density at radius 3 is 2.11 bits per heavy atom. The molecule has 2 nitrogen and oxygen atoms in total. The van der Waals surface area contributed by atoms with Gasteiger partial charge in [0.15, 0.2) is 0 Å². The van der Waals surface area contributed by atoms with Crippen molar-refractivity contribution in [2.45, 2.75) is 28.2 Å². The molecule has 0 saturated heterocycles. The molecule has 0 unspecified atom stereocenters. The Morgan fingerprint density at radius 1 is 1.22 bits per heavy atom. The van der Waals surface area contributed by atoms with Crippen molar-refractivity contribution >= 4 is 0 Å². The van der Waals surface area contributed by atoms with E-state index in [0.717, 1.165) is 13.0 Å². The van der Waals surface area contributed by atoms with Crippen LogP contribution in [0.5, 0.6) is 0 Å². The third-order valence-corrected chi connectivity index (χ3v) is 0.611. The van der Waals surface area contributed by atoms with Gasteiger partial charge in [-0.05, 0) is 6.42 Å². The summed E-state index contributed by atoms with van der Waals surface area (Å²) >= 11 is 0. The van der Waals surface area contributed by atoms with Crippen molar-refractivity contribution in [1.82, 2.24) is 0 Å². The highest BCUT2D eigenvalue weighted by Crippen LogP contribution is 1.75. The summed E-state index contributed by atoms with van der Waals surface area (Å²) in [5, 5.41) is 0. The van der Waals surface area contributed by atoms with Crippen molar-refractivity contribution in [1.29, 1.82) is 0 Å². The van der Waals surface area contributed by atoms with Gasteiger partial charge in [-0.2, -0.15) is 0 Å². The molecule has 2 N–H and O–H groups in total. The van der Waals surface area contributed by atoms with Gasteiger partial charge in [0.25, 0.3) is 0 Å². The van der Waals surface area contributed by atoms with Gasteiger partial charge in [0.2, 0.25) is 0 Å². The van der Waals surface area contributed by atoms with E-state index in [1.165, 1.54) is 0 Å². The average Bonchev–Trinajstić information content (AvgIpc) is 1.69. The van der Waals surface area contributed by atoms with E-state index >= 15 is 0 Å². The second-order valence-corrected chi connectivity index (χ2v) is 1.40. The largest absolute Gasteiger partial charge is 0.380 e. The smallest absolute Gasteiger partial charge is 0.0588 e. The molecular weight excluding hydrogens is 114 g/mol. The second kappa shape index (κ2) is 15.7. The highest BCUT2D eigenvalue weighted by atomic mass is 16.5. The van der Waals surface area contributed by atoms with E-state index < -0.39 is 0 Å². The van der Waals surface area contributed by atoms with Gasteiger partial charge in [-0.15, -0.1) is 0 Å². The highest BCUT2D eigenvalue weighted by molar-refractivity contribution is 4.29. The summed E-state index contributed by atoms with van der Waals surface area (Å²) in [6.45, 7) is 4.27. The van der Waals surface area contributed by atoms with Crippen LogP contribution < -0.4 is 5.73 Å². The molecule has 2 heteroatoms. The maximum atomic E-state index is 5.14. The molecule has 0 aromatic carbocycles. The molecule has 60 valence electrons. The molecule has 0 radical (unpaired) electrons. The third kappa shape index (κ3) is 18.1. The fraction of sp³-hybridized carbons (Fsp3) is 1.00. The first-order valence-electron chi connectivity index (χ1n) is 2.69. The number of hydrogen-bond donors (Lipinski definition) is 1. The van der Waals surface area contributed by atoms with Crippen molar-refractivity contribution < 1.29 is 4.74 Å². The van der Waals surface area contributed by atoms with Crippen LogP contribution in [0.1, 0.15) is 28.2 Å². The monoisotopic (exact) mass is 135 g/mol. The molecule has 0 aliphatic rings. The topological polar surface area (TPSA) is 35.2 Å². The van der Waals surface area contributed by atoms with Crippen LogP contribution >= 0.6 is 0 Å². The van der Waals surface area contributed by atoms with E-state index in [1.54, 1.807) is 0 Å². The first kappa shape index (κ1) is 16.0. The summed E-state index contributed by atoms with van der Waals surface area (Å²) in [6, 6.07) is 0. The van der Waals surface area contributed by atoms with E-state index in [4.69, 9.17) is 10.5 Å². The Balaban J connectivity index is -0.000000180. The van der Waals surface area contributed by atoms with Crippen LogP contribution in [0.2, 0.25) is 0 Å². The summed E-state index contributed by atoms with van der Waals surface area (Å²) in [5.74, 6) is 0. The summed E-state index contributed by atoms with van der Waals surface area (Å²) in [6.07, 6.45) is 1.08. The Morgan fingerprint density at radius 2 is 1.78 bits per heavy atom. The Bertz CT molecular complexity index is 28.1. The minimum Gasteiger partial charge on any atom is -0.380 e. The molecule has 0 atom stereocenters. The van der Waals surface area contributed by atoms with Crippen LogP contribution in [0.25, 0.3) is 0 Å².